The Kier molecular flexibility index (Phi) is 5.47. The molecule has 0 radical (unpaired) electrons. The number of methoxy groups -OCH3 is 1. The zero-order valence-corrected chi connectivity index (χ0v) is 23.4. The molecule has 10 heteroatoms. The number of hydrogen-bond donors (Lipinski definition) is 2. The Balaban J connectivity index is 1.53. The van der Waals surface area contributed by atoms with Crippen LogP contribution in [0.25, 0.3) is 0 Å². The molecule has 214 valence electrons. The summed E-state index contributed by atoms with van der Waals surface area (Å²) in [5, 5.41) is 24.9. The Hall–Kier alpha value is -2.27. The smallest absolute Gasteiger partial charge is 0.347 e. The zero-order chi connectivity index (χ0) is 28.5. The number of rotatable bonds is 4. The molecule has 3 heterocycles. The number of aliphatic hydroxyl groups is 2. The molecule has 1 aromatic rings. The third-order valence-electron chi connectivity index (χ3n) is 11.5. The summed E-state index contributed by atoms with van der Waals surface area (Å²) in [6, 6.07) is 1.87. The summed E-state index contributed by atoms with van der Waals surface area (Å²) in [5.74, 6) is -3.47. The first-order valence-electron chi connectivity index (χ1n) is 13.7. The molecular weight excluding hydrogens is 508 g/mol. The van der Waals surface area contributed by atoms with Gasteiger partial charge in [0.05, 0.1) is 44.1 Å². The summed E-state index contributed by atoms with van der Waals surface area (Å²) >= 11 is 0. The number of aliphatic hydroxyl groups excluding tert-OH is 1. The monoisotopic (exact) mass is 546 g/mol. The molecular formula is C29H38O10. The number of ether oxygens (including phenoxy) is 4. The van der Waals surface area contributed by atoms with Crippen molar-refractivity contribution in [2.75, 3.05) is 7.11 Å². The first kappa shape index (κ1) is 26.9. The maximum atomic E-state index is 13.6. The van der Waals surface area contributed by atoms with Crippen LogP contribution in [0.2, 0.25) is 0 Å². The molecule has 12 unspecified atom stereocenters. The maximum Gasteiger partial charge on any atom is 0.347 e. The van der Waals surface area contributed by atoms with Crippen LogP contribution >= 0.6 is 0 Å². The molecule has 2 saturated heterocycles. The Labute approximate surface area is 227 Å². The van der Waals surface area contributed by atoms with Gasteiger partial charge in [-0.3, -0.25) is 9.59 Å². The molecule has 3 aliphatic carbocycles. The van der Waals surface area contributed by atoms with Crippen molar-refractivity contribution in [2.45, 2.75) is 102 Å². The zero-order valence-electron chi connectivity index (χ0n) is 23.4. The molecule has 0 aromatic carbocycles. The number of hydrogen-bond acceptors (Lipinski definition) is 10. The van der Waals surface area contributed by atoms with Gasteiger partial charge in [-0.05, 0) is 25.0 Å². The van der Waals surface area contributed by atoms with Crippen molar-refractivity contribution in [3.8, 4) is 0 Å². The Morgan fingerprint density at radius 1 is 1.15 bits per heavy atom. The molecule has 1 spiro atoms. The lowest BCUT2D eigenvalue weighted by Gasteiger charge is -2.61. The van der Waals surface area contributed by atoms with E-state index in [1.54, 1.807) is 33.3 Å². The van der Waals surface area contributed by atoms with Crippen molar-refractivity contribution in [1.29, 1.82) is 0 Å². The van der Waals surface area contributed by atoms with Gasteiger partial charge < -0.3 is 33.6 Å². The molecule has 12 atom stereocenters. The van der Waals surface area contributed by atoms with E-state index < -0.39 is 75.6 Å². The van der Waals surface area contributed by atoms with Gasteiger partial charge in [0.15, 0.2) is 0 Å². The van der Waals surface area contributed by atoms with Crippen molar-refractivity contribution in [1.82, 2.24) is 0 Å². The molecule has 6 rings (SSSR count). The average Bonchev–Trinajstić information content (AvgIpc) is 3.12. The lowest BCUT2D eigenvalue weighted by molar-refractivity contribution is -0.247. The minimum atomic E-state index is -1.54. The molecule has 5 fully saturated rings. The van der Waals surface area contributed by atoms with Gasteiger partial charge in [-0.1, -0.05) is 27.7 Å². The molecule has 2 aliphatic heterocycles. The third-order valence-corrected chi connectivity index (χ3v) is 11.5. The van der Waals surface area contributed by atoms with E-state index in [2.05, 4.69) is 0 Å². The van der Waals surface area contributed by atoms with Crippen molar-refractivity contribution >= 4 is 17.7 Å². The minimum absolute atomic E-state index is 0.0307. The highest BCUT2D eigenvalue weighted by Crippen LogP contribution is 2.79. The normalized spacial score (nSPS) is 49.8. The van der Waals surface area contributed by atoms with Gasteiger partial charge >= 0.3 is 11.9 Å². The molecule has 3 saturated carbocycles. The molecule has 1 aromatic heterocycles. The first-order chi connectivity index (χ1) is 18.1. The highest BCUT2D eigenvalue weighted by atomic mass is 16.6. The summed E-state index contributed by atoms with van der Waals surface area (Å²) in [4.78, 5) is 38.9. The van der Waals surface area contributed by atoms with Crippen LogP contribution in [-0.4, -0.2) is 76.8 Å². The van der Waals surface area contributed by atoms with E-state index >= 15 is 0 Å². The van der Waals surface area contributed by atoms with Crippen molar-refractivity contribution < 1.29 is 48.0 Å². The van der Waals surface area contributed by atoms with Crippen LogP contribution in [0, 0.1) is 28.1 Å². The number of furan rings is 1. The average molecular weight is 547 g/mol. The number of esters is 2. The molecule has 10 nitrogen and oxygen atoms in total. The van der Waals surface area contributed by atoms with Crippen molar-refractivity contribution in [3.63, 3.8) is 0 Å². The van der Waals surface area contributed by atoms with Crippen molar-refractivity contribution in [3.05, 3.63) is 24.2 Å². The predicted molar refractivity (Wildman–Crippen MR) is 133 cm³/mol. The van der Waals surface area contributed by atoms with Crippen LogP contribution < -0.4 is 0 Å². The summed E-state index contributed by atoms with van der Waals surface area (Å²) in [5.41, 5.74) is -4.87. The van der Waals surface area contributed by atoms with E-state index in [0.29, 0.717) is 6.42 Å². The Morgan fingerprint density at radius 2 is 1.85 bits per heavy atom. The second kappa shape index (κ2) is 7.93. The lowest BCUT2D eigenvalue weighted by Crippen LogP contribution is -2.74. The molecule has 0 bridgehead atoms. The number of epoxide rings is 1. The Morgan fingerprint density at radius 3 is 2.44 bits per heavy atom. The molecule has 39 heavy (non-hydrogen) atoms. The second-order valence-corrected chi connectivity index (χ2v) is 13.4. The fourth-order valence-electron chi connectivity index (χ4n) is 9.99. The summed E-state index contributed by atoms with van der Waals surface area (Å²) < 4.78 is 28.9. The summed E-state index contributed by atoms with van der Waals surface area (Å²) in [7, 11) is 1.20. The van der Waals surface area contributed by atoms with Crippen LogP contribution in [0.15, 0.2) is 23.0 Å². The van der Waals surface area contributed by atoms with Gasteiger partial charge in [-0.2, -0.15) is 0 Å². The fraction of sp³-hybridized carbons (Fsp3) is 0.759. The van der Waals surface area contributed by atoms with Gasteiger partial charge in [-0.15, -0.1) is 0 Å². The SMILES string of the molecule is COC(=O)C(OC(C)=O)C1C(C)(C)C(=O)CC2OC3C(C21C)C(C)(O)C12OC1CC(c1ccoc1)C2(C)C3O. The van der Waals surface area contributed by atoms with Crippen LogP contribution in [0.5, 0.6) is 0 Å². The standard InChI is InChI=1S/C29H38O10/c1-13(30)37-20(24(33)35-7)21-25(2,3)16(31)11-17-26(21,4)22-19(38-17)23(32)27(5)15(14-8-9-36-12-14)10-18-29(27,39-18)28(22,6)34/h8-9,12,15,17-23,32,34H,10-11H2,1-7H3. The highest BCUT2D eigenvalue weighted by Gasteiger charge is 2.90. The van der Waals surface area contributed by atoms with E-state index in [0.717, 1.165) is 5.56 Å². The third kappa shape index (κ3) is 2.93. The fourth-order valence-corrected chi connectivity index (χ4v) is 9.99. The van der Waals surface area contributed by atoms with Crippen LogP contribution in [0.1, 0.15) is 65.9 Å². The second-order valence-electron chi connectivity index (χ2n) is 13.4. The first-order valence-corrected chi connectivity index (χ1v) is 13.7. The van der Waals surface area contributed by atoms with Gasteiger partial charge in [0.2, 0.25) is 6.10 Å². The van der Waals surface area contributed by atoms with Gasteiger partial charge in [-0.25, -0.2) is 4.79 Å². The predicted octanol–water partition coefficient (Wildman–Crippen LogP) is 2.15. The number of carbonyl (C=O) groups is 3. The minimum Gasteiger partial charge on any atom is -0.472 e. The van der Waals surface area contributed by atoms with E-state index in [4.69, 9.17) is 23.4 Å². The van der Waals surface area contributed by atoms with Crippen molar-refractivity contribution in [2.24, 2.45) is 28.1 Å². The lowest BCUT2D eigenvalue weighted by atomic mass is 9.42. The number of ketones is 1. The quantitative estimate of drug-likeness (QED) is 0.426. The number of Topliss-reactive ketones (excluding diaryl/α,β-unsaturated/α-hetero) is 1. The topological polar surface area (TPSA) is 145 Å². The number of carbonyl (C=O) groups excluding carboxylic acids is 3. The van der Waals surface area contributed by atoms with Gasteiger partial charge in [0.25, 0.3) is 0 Å². The van der Waals surface area contributed by atoms with E-state index in [-0.39, 0.29) is 24.2 Å². The summed E-state index contributed by atoms with van der Waals surface area (Å²) in [6.07, 6.45) is -0.535. The van der Waals surface area contributed by atoms with E-state index in [1.807, 2.05) is 19.9 Å². The molecule has 0 amide bonds. The number of fused-ring (bicyclic) bond motifs is 3. The maximum absolute atomic E-state index is 13.6. The molecule has 5 aliphatic rings. The Bertz CT molecular complexity index is 1220. The van der Waals surface area contributed by atoms with Crippen LogP contribution in [0.4, 0.5) is 0 Å². The van der Waals surface area contributed by atoms with Gasteiger partial charge in [0, 0.05) is 47.3 Å². The largest absolute Gasteiger partial charge is 0.472 e. The molecule has 2 N–H and O–H groups in total. The van der Waals surface area contributed by atoms with Crippen LogP contribution in [-0.2, 0) is 33.3 Å². The summed E-state index contributed by atoms with van der Waals surface area (Å²) in [6.45, 7) is 10.2. The van der Waals surface area contributed by atoms with E-state index in [1.165, 1.54) is 14.0 Å². The highest BCUT2D eigenvalue weighted by molar-refractivity contribution is 5.88. The van der Waals surface area contributed by atoms with E-state index in [9.17, 15) is 24.6 Å². The van der Waals surface area contributed by atoms with Gasteiger partial charge in [0.1, 0.15) is 17.0 Å². The van der Waals surface area contributed by atoms with Crippen LogP contribution in [0.3, 0.4) is 0 Å².